The second kappa shape index (κ2) is 7.37. The molecule has 4 heteroatoms. The summed E-state index contributed by atoms with van der Waals surface area (Å²) in [4.78, 5) is 0. The first-order chi connectivity index (χ1) is 8.11. The number of hydrogen-bond donors (Lipinski definition) is 1. The minimum atomic E-state index is -0.435. The van der Waals surface area contributed by atoms with E-state index in [1.54, 1.807) is 18.2 Å². The highest BCUT2D eigenvalue weighted by Crippen LogP contribution is 2.14. The molecule has 17 heavy (non-hydrogen) atoms. The van der Waals surface area contributed by atoms with E-state index in [1.165, 1.54) is 6.07 Å². The summed E-state index contributed by atoms with van der Waals surface area (Å²) in [5.41, 5.74) is 6.32. The molecule has 1 aromatic carbocycles. The Balaban J connectivity index is 2.26. The van der Waals surface area contributed by atoms with Crippen LogP contribution in [0.4, 0.5) is 4.39 Å². The van der Waals surface area contributed by atoms with Crippen molar-refractivity contribution in [1.29, 1.82) is 0 Å². The lowest BCUT2D eigenvalue weighted by Crippen LogP contribution is -2.20. The van der Waals surface area contributed by atoms with Gasteiger partial charge >= 0.3 is 0 Å². The zero-order chi connectivity index (χ0) is 12.7. The molecule has 0 saturated heterocycles. The van der Waals surface area contributed by atoms with Crippen LogP contribution in [0, 0.1) is 5.82 Å². The number of benzene rings is 1. The van der Waals surface area contributed by atoms with Crippen LogP contribution in [0.15, 0.2) is 24.3 Å². The molecule has 0 heterocycles. The van der Waals surface area contributed by atoms with Crippen molar-refractivity contribution >= 4 is 0 Å². The molecule has 0 radical (unpaired) electrons. The van der Waals surface area contributed by atoms with Crippen LogP contribution < -0.4 is 5.73 Å². The molecule has 0 aliphatic carbocycles. The number of rotatable bonds is 7. The molecule has 0 spiro atoms. The molecule has 3 nitrogen and oxygen atoms in total. The minimum absolute atomic E-state index is 0.193. The van der Waals surface area contributed by atoms with Crippen LogP contribution in [-0.2, 0) is 9.47 Å². The Bertz CT molecular complexity index is 331. The molecule has 1 rings (SSSR count). The number of nitrogens with two attached hydrogens (primary N) is 1. The van der Waals surface area contributed by atoms with Gasteiger partial charge in [0.1, 0.15) is 5.82 Å². The normalized spacial score (nSPS) is 13.0. The van der Waals surface area contributed by atoms with Crippen molar-refractivity contribution in [3.05, 3.63) is 35.6 Å². The molecule has 0 bridgehead atoms. The predicted molar refractivity (Wildman–Crippen MR) is 65.2 cm³/mol. The van der Waals surface area contributed by atoms with E-state index in [0.29, 0.717) is 25.4 Å². The Hall–Kier alpha value is -0.970. The highest BCUT2D eigenvalue weighted by atomic mass is 19.1. The Morgan fingerprint density at radius 1 is 1.24 bits per heavy atom. The standard InChI is InChI=1S/C13H20FNO2/c1-10(2)17-8-7-16-9-13(15)11-5-3-4-6-12(11)14/h3-6,10,13H,7-9,15H2,1-2H3. The lowest BCUT2D eigenvalue weighted by molar-refractivity contribution is 0.0159. The van der Waals surface area contributed by atoms with Gasteiger partial charge in [-0.3, -0.25) is 0 Å². The maximum atomic E-state index is 13.4. The maximum absolute atomic E-state index is 13.4. The third-order valence-electron chi connectivity index (χ3n) is 2.28. The zero-order valence-corrected chi connectivity index (χ0v) is 10.4. The number of halogens is 1. The fraction of sp³-hybridized carbons (Fsp3) is 0.538. The van der Waals surface area contributed by atoms with Gasteiger partial charge in [-0.1, -0.05) is 18.2 Å². The monoisotopic (exact) mass is 241 g/mol. The smallest absolute Gasteiger partial charge is 0.128 e. The van der Waals surface area contributed by atoms with Crippen molar-refractivity contribution in [2.45, 2.75) is 26.0 Å². The molecule has 0 aliphatic rings. The maximum Gasteiger partial charge on any atom is 0.128 e. The van der Waals surface area contributed by atoms with E-state index in [-0.39, 0.29) is 11.9 Å². The van der Waals surface area contributed by atoms with E-state index in [0.717, 1.165) is 0 Å². The molecule has 1 atom stereocenters. The third kappa shape index (κ3) is 5.26. The molecular formula is C13H20FNO2. The van der Waals surface area contributed by atoms with Crippen LogP contribution in [0.2, 0.25) is 0 Å². The third-order valence-corrected chi connectivity index (χ3v) is 2.28. The average molecular weight is 241 g/mol. The summed E-state index contributed by atoms with van der Waals surface area (Å²) < 4.78 is 24.0. The summed E-state index contributed by atoms with van der Waals surface area (Å²) in [6.07, 6.45) is 0.193. The Morgan fingerprint density at radius 2 is 1.94 bits per heavy atom. The first-order valence-corrected chi connectivity index (χ1v) is 5.80. The molecule has 0 aliphatic heterocycles. The summed E-state index contributed by atoms with van der Waals surface area (Å²) in [5.74, 6) is -0.290. The largest absolute Gasteiger partial charge is 0.377 e. The summed E-state index contributed by atoms with van der Waals surface area (Å²) in [6, 6.07) is 6.05. The fourth-order valence-corrected chi connectivity index (χ4v) is 1.42. The molecular weight excluding hydrogens is 221 g/mol. The lowest BCUT2D eigenvalue weighted by atomic mass is 10.1. The van der Waals surface area contributed by atoms with Gasteiger partial charge in [-0.2, -0.15) is 0 Å². The molecule has 1 unspecified atom stereocenters. The minimum Gasteiger partial charge on any atom is -0.377 e. The highest BCUT2D eigenvalue weighted by molar-refractivity contribution is 5.20. The van der Waals surface area contributed by atoms with Crippen LogP contribution in [-0.4, -0.2) is 25.9 Å². The van der Waals surface area contributed by atoms with Crippen molar-refractivity contribution in [3.8, 4) is 0 Å². The fourth-order valence-electron chi connectivity index (χ4n) is 1.42. The quantitative estimate of drug-likeness (QED) is 0.745. The number of hydrogen-bond acceptors (Lipinski definition) is 3. The van der Waals surface area contributed by atoms with Gasteiger partial charge in [-0.05, 0) is 19.9 Å². The van der Waals surface area contributed by atoms with Crippen LogP contribution in [0.1, 0.15) is 25.5 Å². The van der Waals surface area contributed by atoms with E-state index < -0.39 is 6.04 Å². The lowest BCUT2D eigenvalue weighted by Gasteiger charge is -2.14. The Morgan fingerprint density at radius 3 is 2.59 bits per heavy atom. The van der Waals surface area contributed by atoms with E-state index >= 15 is 0 Å². The summed E-state index contributed by atoms with van der Waals surface area (Å²) in [7, 11) is 0. The van der Waals surface area contributed by atoms with E-state index in [9.17, 15) is 4.39 Å². The molecule has 0 amide bonds. The summed E-state index contributed by atoms with van der Waals surface area (Å²) in [6.45, 7) is 5.22. The van der Waals surface area contributed by atoms with Gasteiger partial charge < -0.3 is 15.2 Å². The highest BCUT2D eigenvalue weighted by Gasteiger charge is 2.10. The topological polar surface area (TPSA) is 44.5 Å². The van der Waals surface area contributed by atoms with Gasteiger partial charge in [-0.15, -0.1) is 0 Å². The van der Waals surface area contributed by atoms with Crippen molar-refractivity contribution in [1.82, 2.24) is 0 Å². The molecule has 0 fully saturated rings. The first kappa shape index (κ1) is 14.1. The van der Waals surface area contributed by atoms with Crippen molar-refractivity contribution in [3.63, 3.8) is 0 Å². The van der Waals surface area contributed by atoms with Gasteiger partial charge in [0.25, 0.3) is 0 Å². The van der Waals surface area contributed by atoms with Gasteiger partial charge in [0.05, 0.1) is 32.0 Å². The van der Waals surface area contributed by atoms with Crippen molar-refractivity contribution in [2.24, 2.45) is 5.73 Å². The molecule has 96 valence electrons. The zero-order valence-electron chi connectivity index (χ0n) is 10.4. The first-order valence-electron chi connectivity index (χ1n) is 5.80. The molecule has 0 aromatic heterocycles. The average Bonchev–Trinajstić information content (AvgIpc) is 2.28. The second-order valence-corrected chi connectivity index (χ2v) is 4.12. The molecule has 2 N–H and O–H groups in total. The van der Waals surface area contributed by atoms with Gasteiger partial charge in [-0.25, -0.2) is 4.39 Å². The Kier molecular flexibility index (Phi) is 6.11. The predicted octanol–water partition coefficient (Wildman–Crippen LogP) is 2.27. The van der Waals surface area contributed by atoms with E-state index in [1.807, 2.05) is 13.8 Å². The van der Waals surface area contributed by atoms with E-state index in [2.05, 4.69) is 0 Å². The Labute approximate surface area is 102 Å². The van der Waals surface area contributed by atoms with Crippen LogP contribution in [0.5, 0.6) is 0 Å². The SMILES string of the molecule is CC(C)OCCOCC(N)c1ccccc1F. The van der Waals surface area contributed by atoms with Gasteiger partial charge in [0.2, 0.25) is 0 Å². The van der Waals surface area contributed by atoms with E-state index in [4.69, 9.17) is 15.2 Å². The van der Waals surface area contributed by atoms with Crippen molar-refractivity contribution in [2.75, 3.05) is 19.8 Å². The summed E-state index contributed by atoms with van der Waals surface area (Å²) >= 11 is 0. The van der Waals surface area contributed by atoms with Crippen LogP contribution in [0.3, 0.4) is 0 Å². The van der Waals surface area contributed by atoms with Crippen molar-refractivity contribution < 1.29 is 13.9 Å². The van der Waals surface area contributed by atoms with Crippen LogP contribution in [0.25, 0.3) is 0 Å². The van der Waals surface area contributed by atoms with Crippen LogP contribution >= 0.6 is 0 Å². The van der Waals surface area contributed by atoms with Gasteiger partial charge in [0.15, 0.2) is 0 Å². The molecule has 0 saturated carbocycles. The summed E-state index contributed by atoms with van der Waals surface area (Å²) in [5, 5.41) is 0. The molecule has 1 aromatic rings. The van der Waals surface area contributed by atoms with Gasteiger partial charge in [0, 0.05) is 5.56 Å². The second-order valence-electron chi connectivity index (χ2n) is 4.12. The number of ether oxygens (including phenoxy) is 2.